The third-order valence-corrected chi connectivity index (χ3v) is 4.84. The van der Waals surface area contributed by atoms with Gasteiger partial charge < -0.3 is 10.4 Å². The largest absolute Gasteiger partial charge is 0.522 e. The van der Waals surface area contributed by atoms with Crippen molar-refractivity contribution in [2.24, 2.45) is 0 Å². The highest BCUT2D eigenvalue weighted by Gasteiger charge is 2.44. The highest BCUT2D eigenvalue weighted by atomic mass is 32.2. The molecule has 2 heterocycles. The van der Waals surface area contributed by atoms with E-state index in [1.165, 1.54) is 18.2 Å². The maximum absolute atomic E-state index is 14.3. The Labute approximate surface area is 188 Å². The van der Waals surface area contributed by atoms with Crippen LogP contribution in [0.25, 0.3) is 22.0 Å². The fourth-order valence-electron chi connectivity index (χ4n) is 2.81. The number of nitrogens with zero attached hydrogens (tertiary/aromatic N) is 2. The average Bonchev–Trinajstić information content (AvgIpc) is 3.11. The summed E-state index contributed by atoms with van der Waals surface area (Å²) in [4.78, 5) is 4.49. The second-order valence-electron chi connectivity index (χ2n) is 6.87. The van der Waals surface area contributed by atoms with E-state index < -0.39 is 27.3 Å². The molecule has 0 atom stereocenters. The molecule has 4 rings (SSSR count). The van der Waals surface area contributed by atoms with E-state index in [4.69, 9.17) is 13.0 Å². The summed E-state index contributed by atoms with van der Waals surface area (Å²) in [5, 5.41) is 21.0. The number of benzene rings is 2. The van der Waals surface area contributed by atoms with E-state index in [0.717, 1.165) is 11.8 Å². The van der Waals surface area contributed by atoms with Gasteiger partial charge in [-0.1, -0.05) is 0 Å². The molecule has 0 unspecified atom stereocenters. The number of phenolic OH excluding ortho intramolecular Hbond substituents is 1. The van der Waals surface area contributed by atoms with E-state index in [9.17, 15) is 27.1 Å². The van der Waals surface area contributed by atoms with Crippen molar-refractivity contribution in [2.75, 3.05) is 5.32 Å². The number of aromatic hydroxyl groups is 1. The topological polar surface area (TPSA) is 128 Å². The minimum absolute atomic E-state index is 0.0794. The maximum atomic E-state index is 14.3. The smallest absolute Gasteiger partial charge is 0.508 e. The Morgan fingerprint density at radius 3 is 2.24 bits per heavy atom. The molecule has 0 radical (unpaired) electrons. The summed E-state index contributed by atoms with van der Waals surface area (Å²) < 4.78 is 85.2. The van der Waals surface area contributed by atoms with Crippen LogP contribution in [0.4, 0.5) is 33.6 Å². The second kappa shape index (κ2) is 9.23. The quantitative estimate of drug-likeness (QED) is 0.175. The molecule has 0 spiro atoms. The van der Waals surface area contributed by atoms with Crippen molar-refractivity contribution in [3.05, 3.63) is 65.9 Å². The monoisotopic (exact) mass is 502 g/mol. The number of aromatic nitrogens is 3. The average molecular weight is 502 g/mol. The summed E-state index contributed by atoms with van der Waals surface area (Å²) in [6.07, 6.45) is 0. The van der Waals surface area contributed by atoms with Crippen molar-refractivity contribution >= 4 is 32.5 Å². The number of hydrogen-bond donors (Lipinski definition) is 4. The van der Waals surface area contributed by atoms with Crippen LogP contribution in [0.3, 0.4) is 0 Å². The third-order valence-electron chi connectivity index (χ3n) is 4.26. The predicted octanol–water partition coefficient (Wildman–Crippen LogP) is 5.05. The summed E-state index contributed by atoms with van der Waals surface area (Å²) in [6.45, 7) is 1.86. The standard InChI is InChI=1S/C19H14F2N4O.CHF3O3S/c1-10-6-18(25-24-10)22-17-8-11-7-13(26)3-5-14(11)19(23-17)15-4-2-12(20)9-16(15)21;2-1(3,4)8(5,6)7/h2-9,26H,1H3,(H2,22,23,24,25);(H,5,6,7). The van der Waals surface area contributed by atoms with E-state index in [1.54, 1.807) is 24.3 Å². The van der Waals surface area contributed by atoms with Gasteiger partial charge in [0, 0.05) is 28.8 Å². The van der Waals surface area contributed by atoms with E-state index in [-0.39, 0.29) is 11.3 Å². The van der Waals surface area contributed by atoms with Crippen molar-refractivity contribution in [1.82, 2.24) is 15.2 Å². The van der Waals surface area contributed by atoms with Gasteiger partial charge in [0.15, 0.2) is 5.82 Å². The van der Waals surface area contributed by atoms with Crippen molar-refractivity contribution in [2.45, 2.75) is 12.4 Å². The molecule has 2 aromatic carbocycles. The summed E-state index contributed by atoms with van der Waals surface area (Å²) in [5.41, 5.74) is -4.15. The Morgan fingerprint density at radius 1 is 1.00 bits per heavy atom. The first-order chi connectivity index (χ1) is 15.7. The van der Waals surface area contributed by atoms with Crippen LogP contribution in [-0.2, 0) is 10.1 Å². The fourth-order valence-corrected chi connectivity index (χ4v) is 2.81. The molecular weight excluding hydrogens is 487 g/mol. The van der Waals surface area contributed by atoms with Crippen molar-refractivity contribution in [1.29, 1.82) is 0 Å². The highest BCUT2D eigenvalue weighted by molar-refractivity contribution is 7.86. The number of pyridine rings is 1. The van der Waals surface area contributed by atoms with Gasteiger partial charge in [0.2, 0.25) is 0 Å². The molecule has 8 nitrogen and oxygen atoms in total. The molecule has 14 heteroatoms. The molecule has 0 fully saturated rings. The van der Waals surface area contributed by atoms with E-state index in [2.05, 4.69) is 20.5 Å². The normalized spacial score (nSPS) is 11.7. The first-order valence-corrected chi connectivity index (χ1v) is 10.6. The molecule has 2 aromatic heterocycles. The number of hydrogen-bond acceptors (Lipinski definition) is 6. The lowest BCUT2D eigenvalue weighted by atomic mass is 10.0. The zero-order valence-corrected chi connectivity index (χ0v) is 17.8. The number of fused-ring (bicyclic) bond motifs is 1. The van der Waals surface area contributed by atoms with Crippen molar-refractivity contribution in [3.8, 4) is 17.0 Å². The molecule has 0 saturated carbocycles. The number of anilines is 2. The van der Waals surface area contributed by atoms with Crippen LogP contribution in [-0.4, -0.2) is 38.8 Å². The number of phenols is 1. The molecule has 0 bridgehead atoms. The number of aryl methyl sites for hydroxylation is 1. The Balaban J connectivity index is 0.000000350. The van der Waals surface area contributed by atoms with Gasteiger partial charge in [0.25, 0.3) is 0 Å². The zero-order valence-electron chi connectivity index (χ0n) is 17.0. The van der Waals surface area contributed by atoms with Crippen LogP contribution in [0.15, 0.2) is 48.5 Å². The Morgan fingerprint density at radius 2 is 1.68 bits per heavy atom. The number of rotatable bonds is 3. The predicted molar refractivity (Wildman–Crippen MR) is 113 cm³/mol. The third kappa shape index (κ3) is 5.77. The lowest BCUT2D eigenvalue weighted by molar-refractivity contribution is -0.0510. The van der Waals surface area contributed by atoms with Crippen molar-refractivity contribution < 1.29 is 40.0 Å². The van der Waals surface area contributed by atoms with Crippen LogP contribution < -0.4 is 5.32 Å². The number of aromatic amines is 1. The Hall–Kier alpha value is -3.78. The lowest BCUT2D eigenvalue weighted by Gasteiger charge is -2.11. The fraction of sp³-hybridized carbons (Fsp3) is 0.100. The van der Waals surface area contributed by atoms with Gasteiger partial charge >= 0.3 is 15.6 Å². The summed E-state index contributed by atoms with van der Waals surface area (Å²) in [5.74, 6) is -0.307. The molecular formula is C20H15F5N4O4S. The molecule has 0 aliphatic carbocycles. The molecule has 0 saturated heterocycles. The number of nitrogens with one attached hydrogen (secondary N) is 2. The lowest BCUT2D eigenvalue weighted by Crippen LogP contribution is -2.21. The molecule has 4 aromatic rings. The Bertz CT molecular complexity index is 1460. The van der Waals surface area contributed by atoms with Gasteiger partial charge in [-0.25, -0.2) is 13.8 Å². The van der Waals surface area contributed by atoms with Crippen LogP contribution in [0.2, 0.25) is 0 Å². The van der Waals surface area contributed by atoms with Gasteiger partial charge in [0.05, 0.1) is 5.69 Å². The van der Waals surface area contributed by atoms with E-state index in [1.807, 2.05) is 6.92 Å². The maximum Gasteiger partial charge on any atom is 0.522 e. The molecule has 4 N–H and O–H groups in total. The molecule has 34 heavy (non-hydrogen) atoms. The Kier molecular flexibility index (Phi) is 6.74. The zero-order chi connectivity index (χ0) is 25.3. The van der Waals surface area contributed by atoms with E-state index >= 15 is 0 Å². The first kappa shape index (κ1) is 24.9. The SMILES string of the molecule is Cc1cc(Nc2cc3cc(O)ccc3c(-c3ccc(F)cc3F)n2)n[nH]1.O=S(=O)(O)C(F)(F)F. The molecule has 180 valence electrons. The first-order valence-electron chi connectivity index (χ1n) is 9.16. The van der Waals surface area contributed by atoms with Crippen LogP contribution in [0.5, 0.6) is 5.75 Å². The van der Waals surface area contributed by atoms with Gasteiger partial charge in [-0.2, -0.15) is 26.7 Å². The number of halogens is 5. The van der Waals surface area contributed by atoms with Crippen LogP contribution in [0, 0.1) is 18.6 Å². The minimum atomic E-state index is -5.84. The molecule has 0 aliphatic heterocycles. The summed E-state index contributed by atoms with van der Waals surface area (Å²) in [7, 11) is -5.84. The number of H-pyrrole nitrogens is 1. The highest BCUT2D eigenvalue weighted by Crippen LogP contribution is 2.33. The van der Waals surface area contributed by atoms with Gasteiger partial charge in [-0.05, 0) is 48.7 Å². The van der Waals surface area contributed by atoms with E-state index in [0.29, 0.717) is 28.1 Å². The minimum Gasteiger partial charge on any atom is -0.508 e. The van der Waals surface area contributed by atoms with Gasteiger partial charge in [-0.3, -0.25) is 9.65 Å². The number of alkyl halides is 3. The van der Waals surface area contributed by atoms with Gasteiger partial charge in [-0.15, -0.1) is 0 Å². The van der Waals surface area contributed by atoms with Gasteiger partial charge in [0.1, 0.15) is 23.2 Å². The van der Waals surface area contributed by atoms with Crippen LogP contribution >= 0.6 is 0 Å². The molecule has 0 amide bonds. The second-order valence-corrected chi connectivity index (χ2v) is 8.28. The summed E-state index contributed by atoms with van der Waals surface area (Å²) in [6, 6.07) is 11.6. The van der Waals surface area contributed by atoms with Crippen LogP contribution in [0.1, 0.15) is 5.69 Å². The summed E-state index contributed by atoms with van der Waals surface area (Å²) >= 11 is 0. The molecule has 0 aliphatic rings. The van der Waals surface area contributed by atoms with Crippen molar-refractivity contribution in [3.63, 3.8) is 0 Å².